The van der Waals surface area contributed by atoms with Crippen LogP contribution < -0.4 is 5.32 Å². The number of carboxylic acid groups (broad SMARTS) is 1. The van der Waals surface area contributed by atoms with Crippen molar-refractivity contribution < 1.29 is 14.7 Å². The lowest BCUT2D eigenvalue weighted by atomic mass is 10.0. The van der Waals surface area contributed by atoms with Gasteiger partial charge in [0, 0.05) is 6.42 Å². The number of hydrogen-bond acceptors (Lipinski definition) is 2. The molecule has 4 heteroatoms. The number of amides is 1. The Labute approximate surface area is 103 Å². The number of carbonyl (C=O) groups excluding carboxylic acids is 1. The lowest BCUT2D eigenvalue weighted by molar-refractivity contribution is -0.142. The summed E-state index contributed by atoms with van der Waals surface area (Å²) in [7, 11) is 0. The molecule has 98 valence electrons. The molecule has 1 rings (SSSR count). The molecule has 0 saturated heterocycles. The van der Waals surface area contributed by atoms with Crippen molar-refractivity contribution in [3.8, 4) is 0 Å². The van der Waals surface area contributed by atoms with Gasteiger partial charge in [0.25, 0.3) is 0 Å². The first-order chi connectivity index (χ1) is 8.13. The number of aliphatic carboxylic acids is 1. The molecule has 0 spiro atoms. The summed E-state index contributed by atoms with van der Waals surface area (Å²) in [6.07, 6.45) is 7.44. The van der Waals surface area contributed by atoms with Crippen molar-refractivity contribution in [2.24, 2.45) is 5.92 Å². The fourth-order valence-corrected chi connectivity index (χ4v) is 2.40. The van der Waals surface area contributed by atoms with E-state index < -0.39 is 12.0 Å². The van der Waals surface area contributed by atoms with E-state index in [0.717, 1.165) is 25.7 Å². The number of rotatable bonds is 7. The van der Waals surface area contributed by atoms with Gasteiger partial charge in [-0.3, -0.25) is 4.79 Å². The van der Waals surface area contributed by atoms with Crippen LogP contribution in [0.25, 0.3) is 0 Å². The van der Waals surface area contributed by atoms with Gasteiger partial charge in [0.1, 0.15) is 6.04 Å². The minimum absolute atomic E-state index is 0.0968. The highest BCUT2D eigenvalue weighted by molar-refractivity contribution is 5.83. The Bertz CT molecular complexity index is 259. The molecular weight excluding hydrogens is 218 g/mol. The Balaban J connectivity index is 2.32. The standard InChI is InChI=1S/C13H23NO3/c1-2-3-8-11(13(16)17)14-12(15)9-10-6-4-5-7-10/h10-11H,2-9H2,1H3,(H,14,15)(H,16,17)/t11-/m0/s1. The lowest BCUT2D eigenvalue weighted by Gasteiger charge is -2.15. The van der Waals surface area contributed by atoms with Gasteiger partial charge in [-0.1, -0.05) is 32.6 Å². The van der Waals surface area contributed by atoms with Crippen molar-refractivity contribution in [2.45, 2.75) is 64.3 Å². The van der Waals surface area contributed by atoms with Crippen molar-refractivity contribution >= 4 is 11.9 Å². The van der Waals surface area contributed by atoms with Crippen LogP contribution >= 0.6 is 0 Å². The third kappa shape index (κ3) is 5.20. The SMILES string of the molecule is CCCC[C@H](NC(=O)CC1CCCC1)C(=O)O. The Morgan fingerprint density at radius 3 is 2.53 bits per heavy atom. The normalized spacial score (nSPS) is 17.9. The average molecular weight is 241 g/mol. The van der Waals surface area contributed by atoms with E-state index in [-0.39, 0.29) is 5.91 Å². The molecule has 2 N–H and O–H groups in total. The zero-order chi connectivity index (χ0) is 12.7. The van der Waals surface area contributed by atoms with Crippen LogP contribution in [0.4, 0.5) is 0 Å². The highest BCUT2D eigenvalue weighted by atomic mass is 16.4. The molecule has 0 aromatic carbocycles. The predicted molar refractivity (Wildman–Crippen MR) is 65.7 cm³/mol. The fourth-order valence-electron chi connectivity index (χ4n) is 2.40. The Morgan fingerprint density at radius 2 is 2.00 bits per heavy atom. The molecule has 0 heterocycles. The number of unbranched alkanes of at least 4 members (excludes halogenated alkanes) is 1. The molecule has 1 aliphatic rings. The van der Waals surface area contributed by atoms with Gasteiger partial charge in [0.15, 0.2) is 0 Å². The van der Waals surface area contributed by atoms with Crippen molar-refractivity contribution in [1.29, 1.82) is 0 Å². The van der Waals surface area contributed by atoms with Gasteiger partial charge < -0.3 is 10.4 Å². The van der Waals surface area contributed by atoms with Crippen molar-refractivity contribution in [2.75, 3.05) is 0 Å². The summed E-state index contributed by atoms with van der Waals surface area (Å²) in [5, 5.41) is 11.6. The molecule has 1 aliphatic carbocycles. The van der Waals surface area contributed by atoms with E-state index in [0.29, 0.717) is 18.8 Å². The summed E-state index contributed by atoms with van der Waals surface area (Å²) in [4.78, 5) is 22.7. The van der Waals surface area contributed by atoms with Crippen LogP contribution in [0.15, 0.2) is 0 Å². The van der Waals surface area contributed by atoms with Gasteiger partial charge in [-0.15, -0.1) is 0 Å². The van der Waals surface area contributed by atoms with Crippen LogP contribution in [0.1, 0.15) is 58.3 Å². The largest absolute Gasteiger partial charge is 0.480 e. The van der Waals surface area contributed by atoms with E-state index in [1.54, 1.807) is 0 Å². The molecule has 0 unspecified atom stereocenters. The molecule has 0 aliphatic heterocycles. The summed E-state index contributed by atoms with van der Waals surface area (Å²) in [6, 6.07) is -0.705. The third-order valence-corrected chi connectivity index (χ3v) is 3.43. The van der Waals surface area contributed by atoms with E-state index in [4.69, 9.17) is 5.11 Å². The van der Waals surface area contributed by atoms with Gasteiger partial charge in [-0.2, -0.15) is 0 Å². The van der Waals surface area contributed by atoms with Gasteiger partial charge in [0.05, 0.1) is 0 Å². The van der Waals surface area contributed by atoms with Crippen molar-refractivity contribution in [3.63, 3.8) is 0 Å². The Kier molecular flexibility index (Phi) is 6.01. The van der Waals surface area contributed by atoms with Crippen LogP contribution in [-0.4, -0.2) is 23.0 Å². The summed E-state index contributed by atoms with van der Waals surface area (Å²) in [6.45, 7) is 2.01. The van der Waals surface area contributed by atoms with Crippen LogP contribution in [0.5, 0.6) is 0 Å². The number of hydrogen-bond donors (Lipinski definition) is 2. The van der Waals surface area contributed by atoms with Crippen molar-refractivity contribution in [3.05, 3.63) is 0 Å². The Morgan fingerprint density at radius 1 is 1.35 bits per heavy atom. The first kappa shape index (κ1) is 14.0. The molecule has 4 nitrogen and oxygen atoms in total. The first-order valence-electron chi connectivity index (χ1n) is 6.65. The molecular formula is C13H23NO3. The summed E-state index contributed by atoms with van der Waals surface area (Å²) < 4.78 is 0. The zero-order valence-corrected chi connectivity index (χ0v) is 10.6. The minimum atomic E-state index is -0.918. The summed E-state index contributed by atoms with van der Waals surface area (Å²) in [5.74, 6) is -0.547. The van der Waals surface area contributed by atoms with Crippen LogP contribution in [0, 0.1) is 5.92 Å². The summed E-state index contributed by atoms with van der Waals surface area (Å²) >= 11 is 0. The monoisotopic (exact) mass is 241 g/mol. The molecule has 0 radical (unpaired) electrons. The molecule has 0 aromatic rings. The number of nitrogens with one attached hydrogen (secondary N) is 1. The molecule has 0 bridgehead atoms. The van der Waals surface area contributed by atoms with E-state index in [1.807, 2.05) is 6.92 Å². The van der Waals surface area contributed by atoms with E-state index in [2.05, 4.69) is 5.32 Å². The van der Waals surface area contributed by atoms with E-state index in [1.165, 1.54) is 12.8 Å². The van der Waals surface area contributed by atoms with Crippen LogP contribution in [0.2, 0.25) is 0 Å². The van der Waals surface area contributed by atoms with E-state index in [9.17, 15) is 9.59 Å². The van der Waals surface area contributed by atoms with Crippen molar-refractivity contribution in [1.82, 2.24) is 5.32 Å². The maximum Gasteiger partial charge on any atom is 0.326 e. The zero-order valence-electron chi connectivity index (χ0n) is 10.6. The Hall–Kier alpha value is -1.06. The molecule has 17 heavy (non-hydrogen) atoms. The van der Waals surface area contributed by atoms with E-state index >= 15 is 0 Å². The molecule has 1 fully saturated rings. The quantitative estimate of drug-likeness (QED) is 0.719. The topological polar surface area (TPSA) is 66.4 Å². The van der Waals surface area contributed by atoms with Gasteiger partial charge in [-0.05, 0) is 25.2 Å². The minimum Gasteiger partial charge on any atom is -0.480 e. The highest BCUT2D eigenvalue weighted by Crippen LogP contribution is 2.27. The van der Waals surface area contributed by atoms with Crippen LogP contribution in [-0.2, 0) is 9.59 Å². The number of carbonyl (C=O) groups is 2. The molecule has 1 amide bonds. The lowest BCUT2D eigenvalue weighted by Crippen LogP contribution is -2.41. The van der Waals surface area contributed by atoms with Gasteiger partial charge in [0.2, 0.25) is 5.91 Å². The maximum atomic E-state index is 11.7. The predicted octanol–water partition coefficient (Wildman–Crippen LogP) is 2.33. The fraction of sp³-hybridized carbons (Fsp3) is 0.846. The van der Waals surface area contributed by atoms with Gasteiger partial charge >= 0.3 is 5.97 Å². The maximum absolute atomic E-state index is 11.7. The second-order valence-electron chi connectivity index (χ2n) is 4.96. The average Bonchev–Trinajstić information content (AvgIpc) is 2.76. The second-order valence-corrected chi connectivity index (χ2v) is 4.96. The van der Waals surface area contributed by atoms with Gasteiger partial charge in [-0.25, -0.2) is 4.79 Å². The van der Waals surface area contributed by atoms with Crippen LogP contribution in [0.3, 0.4) is 0 Å². The second kappa shape index (κ2) is 7.30. The molecule has 0 aromatic heterocycles. The number of carboxylic acids is 1. The molecule has 1 saturated carbocycles. The third-order valence-electron chi connectivity index (χ3n) is 3.43. The molecule has 1 atom stereocenters. The smallest absolute Gasteiger partial charge is 0.326 e. The highest BCUT2D eigenvalue weighted by Gasteiger charge is 2.22. The summed E-state index contributed by atoms with van der Waals surface area (Å²) in [5.41, 5.74) is 0. The first-order valence-corrected chi connectivity index (χ1v) is 6.65.